The van der Waals surface area contributed by atoms with Crippen molar-refractivity contribution in [2.75, 3.05) is 4.90 Å². The zero-order chi connectivity index (χ0) is 42.1. The molecule has 0 saturated carbocycles. The Morgan fingerprint density at radius 1 is 0.328 bits per heavy atom. The molecule has 0 radical (unpaired) electrons. The molecule has 0 amide bonds. The lowest BCUT2D eigenvalue weighted by Gasteiger charge is -2.42. The van der Waals surface area contributed by atoms with Gasteiger partial charge < -0.3 is 4.90 Å². The SMILES string of the molecule is CC1(C)CCC(C)(C)c2cc(-c3cc4c(cc3N(c3ccc(-c5ccc6ccccc6c5)cc3)c3ccc5c(c3)C(C)(C)c3ccccc3-5)C(C)(C)c3ccccc3-4)ccc21. The zero-order valence-corrected chi connectivity index (χ0v) is 36.9. The van der Waals surface area contributed by atoms with Gasteiger partial charge in [-0.15, -0.1) is 0 Å². The van der Waals surface area contributed by atoms with Gasteiger partial charge in [0.15, 0.2) is 0 Å². The summed E-state index contributed by atoms with van der Waals surface area (Å²) in [6, 6.07) is 62.6. The van der Waals surface area contributed by atoms with Crippen LogP contribution in [-0.2, 0) is 21.7 Å². The second-order valence-electron chi connectivity index (χ2n) is 20.5. The van der Waals surface area contributed by atoms with Gasteiger partial charge in [-0.1, -0.05) is 177 Å². The minimum Gasteiger partial charge on any atom is -0.310 e. The van der Waals surface area contributed by atoms with Crippen molar-refractivity contribution in [3.05, 3.63) is 197 Å². The van der Waals surface area contributed by atoms with Crippen LogP contribution in [0, 0.1) is 0 Å². The Hall–Kier alpha value is -6.18. The molecule has 0 atom stereocenters. The van der Waals surface area contributed by atoms with E-state index in [-0.39, 0.29) is 21.7 Å². The predicted octanol–water partition coefficient (Wildman–Crippen LogP) is 16.6. The molecule has 3 aliphatic rings. The average molecular weight is 790 g/mol. The minimum absolute atomic E-state index is 0.0885. The molecule has 0 heterocycles. The quantitative estimate of drug-likeness (QED) is 0.168. The molecule has 3 aliphatic carbocycles. The van der Waals surface area contributed by atoms with E-state index in [0.29, 0.717) is 0 Å². The van der Waals surface area contributed by atoms with Crippen LogP contribution >= 0.6 is 0 Å². The van der Waals surface area contributed by atoms with E-state index in [4.69, 9.17) is 0 Å². The van der Waals surface area contributed by atoms with Gasteiger partial charge in [-0.25, -0.2) is 0 Å². The van der Waals surface area contributed by atoms with E-state index < -0.39 is 0 Å². The van der Waals surface area contributed by atoms with Crippen LogP contribution in [0.15, 0.2) is 164 Å². The van der Waals surface area contributed by atoms with E-state index in [0.717, 1.165) is 5.69 Å². The number of fused-ring (bicyclic) bond motifs is 8. The smallest absolute Gasteiger partial charge is 0.0543 e. The number of rotatable bonds is 5. The lowest BCUT2D eigenvalue weighted by Crippen LogP contribution is -2.33. The van der Waals surface area contributed by atoms with Crippen molar-refractivity contribution in [1.82, 2.24) is 0 Å². The van der Waals surface area contributed by atoms with Gasteiger partial charge in [0.1, 0.15) is 0 Å². The molecule has 0 unspecified atom stereocenters. The molecule has 61 heavy (non-hydrogen) atoms. The number of anilines is 3. The maximum Gasteiger partial charge on any atom is 0.0543 e. The Kier molecular flexibility index (Phi) is 8.15. The van der Waals surface area contributed by atoms with Gasteiger partial charge in [-0.3, -0.25) is 0 Å². The largest absolute Gasteiger partial charge is 0.310 e. The normalized spacial score (nSPS) is 16.9. The highest BCUT2D eigenvalue weighted by atomic mass is 15.1. The maximum absolute atomic E-state index is 2.56. The summed E-state index contributed by atoms with van der Waals surface area (Å²) in [5.41, 5.74) is 22.3. The third kappa shape index (κ3) is 5.73. The number of nitrogens with zero attached hydrogens (tertiary/aromatic N) is 1. The van der Waals surface area contributed by atoms with Crippen molar-refractivity contribution >= 4 is 27.8 Å². The van der Waals surface area contributed by atoms with Crippen LogP contribution in [0.4, 0.5) is 17.1 Å². The molecule has 0 fully saturated rings. The summed E-state index contributed by atoms with van der Waals surface area (Å²) in [6.07, 6.45) is 2.38. The van der Waals surface area contributed by atoms with Crippen LogP contribution in [0.25, 0.3) is 55.3 Å². The van der Waals surface area contributed by atoms with E-state index in [9.17, 15) is 0 Å². The molecule has 0 spiro atoms. The second-order valence-corrected chi connectivity index (χ2v) is 20.5. The molecule has 0 N–H and O–H groups in total. The molecule has 0 aromatic heterocycles. The Morgan fingerprint density at radius 2 is 0.869 bits per heavy atom. The Labute approximate surface area is 362 Å². The van der Waals surface area contributed by atoms with Gasteiger partial charge in [0, 0.05) is 27.8 Å². The number of benzene rings is 8. The van der Waals surface area contributed by atoms with Crippen molar-refractivity contribution < 1.29 is 0 Å². The van der Waals surface area contributed by atoms with E-state index in [1.807, 2.05) is 0 Å². The summed E-state index contributed by atoms with van der Waals surface area (Å²) in [5, 5.41) is 2.52. The van der Waals surface area contributed by atoms with Crippen molar-refractivity contribution in [2.45, 2.75) is 89.9 Å². The molecule has 1 nitrogen and oxygen atoms in total. The van der Waals surface area contributed by atoms with Gasteiger partial charge in [0.25, 0.3) is 0 Å². The van der Waals surface area contributed by atoms with Crippen LogP contribution < -0.4 is 4.90 Å². The molecule has 1 heteroatoms. The number of hydrogen-bond acceptors (Lipinski definition) is 1. The van der Waals surface area contributed by atoms with Crippen LogP contribution in [0.1, 0.15) is 102 Å². The monoisotopic (exact) mass is 789 g/mol. The maximum atomic E-state index is 2.56. The first-order valence-corrected chi connectivity index (χ1v) is 22.3. The van der Waals surface area contributed by atoms with Gasteiger partial charge >= 0.3 is 0 Å². The van der Waals surface area contributed by atoms with Crippen molar-refractivity contribution in [3.63, 3.8) is 0 Å². The fourth-order valence-corrected chi connectivity index (χ4v) is 11.3. The highest BCUT2D eigenvalue weighted by molar-refractivity contribution is 5.96. The summed E-state index contributed by atoms with van der Waals surface area (Å²) < 4.78 is 0. The molecule has 11 rings (SSSR count). The summed E-state index contributed by atoms with van der Waals surface area (Å²) in [5.74, 6) is 0. The first-order valence-electron chi connectivity index (χ1n) is 22.3. The van der Waals surface area contributed by atoms with Gasteiger partial charge in [0.05, 0.1) is 5.69 Å². The van der Waals surface area contributed by atoms with E-state index >= 15 is 0 Å². The molecule has 0 saturated heterocycles. The van der Waals surface area contributed by atoms with Crippen LogP contribution in [-0.4, -0.2) is 0 Å². The van der Waals surface area contributed by atoms with E-state index in [2.05, 4.69) is 224 Å². The summed E-state index contributed by atoms with van der Waals surface area (Å²) in [7, 11) is 0. The zero-order valence-electron chi connectivity index (χ0n) is 36.9. The highest BCUT2D eigenvalue weighted by Crippen LogP contribution is 2.56. The lowest BCUT2D eigenvalue weighted by molar-refractivity contribution is 0.332. The van der Waals surface area contributed by atoms with Gasteiger partial charge in [0.2, 0.25) is 0 Å². The van der Waals surface area contributed by atoms with Crippen LogP contribution in [0.5, 0.6) is 0 Å². The summed E-state index contributed by atoms with van der Waals surface area (Å²) in [6.45, 7) is 19.3. The fraction of sp³-hybridized carbons (Fsp3) is 0.233. The Bertz CT molecular complexity index is 3080. The third-order valence-corrected chi connectivity index (χ3v) is 15.1. The summed E-state index contributed by atoms with van der Waals surface area (Å²) in [4.78, 5) is 2.56. The second kappa shape index (κ2) is 13.2. The lowest BCUT2D eigenvalue weighted by atomic mass is 9.63. The molecule has 0 bridgehead atoms. The third-order valence-electron chi connectivity index (χ3n) is 15.1. The van der Waals surface area contributed by atoms with Crippen molar-refractivity contribution in [3.8, 4) is 44.5 Å². The van der Waals surface area contributed by atoms with E-state index in [1.54, 1.807) is 0 Å². The first-order chi connectivity index (χ1) is 29.2. The highest BCUT2D eigenvalue weighted by Gasteiger charge is 2.40. The molecule has 300 valence electrons. The van der Waals surface area contributed by atoms with Crippen molar-refractivity contribution in [1.29, 1.82) is 0 Å². The molecule has 0 aliphatic heterocycles. The minimum atomic E-state index is -0.158. The molecular formula is C60H55N. The molecule has 8 aromatic carbocycles. The van der Waals surface area contributed by atoms with E-state index in [1.165, 1.54) is 113 Å². The average Bonchev–Trinajstić information content (AvgIpc) is 3.64. The van der Waals surface area contributed by atoms with Crippen LogP contribution in [0.3, 0.4) is 0 Å². The molecular weight excluding hydrogens is 735 g/mol. The van der Waals surface area contributed by atoms with Gasteiger partial charge in [-0.2, -0.15) is 0 Å². The fourth-order valence-electron chi connectivity index (χ4n) is 11.3. The van der Waals surface area contributed by atoms with Crippen molar-refractivity contribution in [2.24, 2.45) is 0 Å². The Balaban J connectivity index is 1.17. The number of hydrogen-bond donors (Lipinski definition) is 0. The first kappa shape index (κ1) is 37.8. The topological polar surface area (TPSA) is 3.24 Å². The Morgan fingerprint density at radius 3 is 1.57 bits per heavy atom. The summed E-state index contributed by atoms with van der Waals surface area (Å²) >= 11 is 0. The standard InChI is InChI=1S/C60H55N/c1-57(2)31-32-58(3,4)55-34-42(25-30-52(55)57)48-36-49-46-18-12-14-20-51(46)60(7,8)54(49)37-56(48)61(44-28-29-47-45-17-11-13-19-50(45)59(5,6)53(47)35-44)43-26-23-39(24-27-43)41-22-21-38-15-9-10-16-40(38)33-41/h9-30,33-37H,31-32H2,1-8H3. The molecule has 8 aromatic rings. The predicted molar refractivity (Wildman–Crippen MR) is 260 cm³/mol. The van der Waals surface area contributed by atoms with Crippen LogP contribution in [0.2, 0.25) is 0 Å². The van der Waals surface area contributed by atoms with Gasteiger partial charge in [-0.05, 0) is 149 Å².